The van der Waals surface area contributed by atoms with Crippen LogP contribution in [0.1, 0.15) is 99.3 Å². The van der Waals surface area contributed by atoms with Gasteiger partial charge in [-0.3, -0.25) is 4.79 Å². The van der Waals surface area contributed by atoms with Crippen molar-refractivity contribution in [3.05, 3.63) is 53.2 Å². The molecular formula is C31H42N2O4S. The maximum atomic E-state index is 11.4. The van der Waals surface area contributed by atoms with Gasteiger partial charge in [-0.25, -0.2) is 4.98 Å². The summed E-state index contributed by atoms with van der Waals surface area (Å²) in [5.74, 6) is 2.01. The van der Waals surface area contributed by atoms with Gasteiger partial charge in [-0.05, 0) is 49.1 Å². The van der Waals surface area contributed by atoms with Gasteiger partial charge >= 0.3 is 5.97 Å². The molecule has 5 rings (SSSR count). The quantitative estimate of drug-likeness (QED) is 0.193. The van der Waals surface area contributed by atoms with Crippen LogP contribution in [0.15, 0.2) is 34.9 Å². The lowest BCUT2D eigenvalue weighted by atomic mass is 9.76. The monoisotopic (exact) mass is 538 g/mol. The SMILES string of the molecule is COC(=O)CCc1ccc(CC2C3CCC(O3)C2c2nc(C(=S)NCCCCC3CCCCC3)co2)cc1. The zero-order valence-electron chi connectivity index (χ0n) is 22.7. The Morgan fingerprint density at radius 1 is 1.05 bits per heavy atom. The number of rotatable bonds is 12. The highest BCUT2D eigenvalue weighted by Gasteiger charge is 2.51. The van der Waals surface area contributed by atoms with E-state index in [4.69, 9.17) is 31.1 Å². The molecule has 1 aliphatic carbocycles. The van der Waals surface area contributed by atoms with Gasteiger partial charge in [0.25, 0.3) is 0 Å². The summed E-state index contributed by atoms with van der Waals surface area (Å²) >= 11 is 5.65. The molecule has 0 amide bonds. The van der Waals surface area contributed by atoms with E-state index >= 15 is 0 Å². The average molecular weight is 539 g/mol. The van der Waals surface area contributed by atoms with Crippen molar-refractivity contribution in [1.29, 1.82) is 0 Å². The van der Waals surface area contributed by atoms with Crippen molar-refractivity contribution < 1.29 is 18.7 Å². The van der Waals surface area contributed by atoms with Gasteiger partial charge in [0.1, 0.15) is 16.9 Å². The third-order valence-electron chi connectivity index (χ3n) is 8.85. The Hall–Kier alpha value is -2.25. The number of carbonyl (C=O) groups excluding carboxylic acids is 1. The normalized spacial score (nSPS) is 25.0. The summed E-state index contributed by atoms with van der Waals surface area (Å²) in [6, 6.07) is 8.57. The second-order valence-electron chi connectivity index (χ2n) is 11.4. The lowest BCUT2D eigenvalue weighted by molar-refractivity contribution is -0.140. The Morgan fingerprint density at radius 2 is 1.82 bits per heavy atom. The number of ether oxygens (including phenoxy) is 2. The summed E-state index contributed by atoms with van der Waals surface area (Å²) in [6.45, 7) is 0.892. The molecule has 6 nitrogen and oxygen atoms in total. The Bertz CT molecular complexity index is 1060. The fourth-order valence-corrected chi connectivity index (χ4v) is 6.91. The molecule has 3 heterocycles. The minimum atomic E-state index is -0.175. The molecule has 1 aromatic carbocycles. The van der Waals surface area contributed by atoms with Crippen LogP contribution in [0.4, 0.5) is 0 Å². The fourth-order valence-electron chi connectivity index (χ4n) is 6.71. The van der Waals surface area contributed by atoms with Crippen LogP contribution in [-0.2, 0) is 27.1 Å². The van der Waals surface area contributed by atoms with Crippen molar-refractivity contribution in [2.45, 2.75) is 102 Å². The van der Waals surface area contributed by atoms with Gasteiger partial charge in [-0.1, -0.05) is 81.4 Å². The van der Waals surface area contributed by atoms with E-state index in [-0.39, 0.29) is 24.1 Å². The number of oxazole rings is 1. The predicted molar refractivity (Wildman–Crippen MR) is 151 cm³/mol. The largest absolute Gasteiger partial charge is 0.469 e. The van der Waals surface area contributed by atoms with Crippen LogP contribution in [0.5, 0.6) is 0 Å². The van der Waals surface area contributed by atoms with Gasteiger partial charge in [0.15, 0.2) is 0 Å². The zero-order chi connectivity index (χ0) is 26.3. The molecule has 4 unspecified atom stereocenters. The maximum absolute atomic E-state index is 11.4. The number of thiocarbonyl (C=S) groups is 1. The van der Waals surface area contributed by atoms with Crippen molar-refractivity contribution in [3.8, 4) is 0 Å². The number of benzene rings is 1. The summed E-state index contributed by atoms with van der Waals surface area (Å²) in [6.07, 6.45) is 17.2. The summed E-state index contributed by atoms with van der Waals surface area (Å²) in [5.41, 5.74) is 3.15. The van der Waals surface area contributed by atoms with E-state index < -0.39 is 0 Å². The molecule has 38 heavy (non-hydrogen) atoms. The Labute approximate surface area is 232 Å². The number of hydrogen-bond acceptors (Lipinski definition) is 6. The predicted octanol–water partition coefficient (Wildman–Crippen LogP) is 6.30. The van der Waals surface area contributed by atoms with Gasteiger partial charge in [-0.15, -0.1) is 0 Å². The third-order valence-corrected chi connectivity index (χ3v) is 9.21. The molecule has 2 aromatic rings. The average Bonchev–Trinajstić information content (AvgIpc) is 3.70. The number of nitrogens with one attached hydrogen (secondary N) is 1. The number of aryl methyl sites for hydroxylation is 1. The van der Waals surface area contributed by atoms with E-state index in [0.29, 0.717) is 23.7 Å². The topological polar surface area (TPSA) is 73.6 Å². The van der Waals surface area contributed by atoms with Crippen LogP contribution in [-0.4, -0.2) is 41.8 Å². The number of methoxy groups -OCH3 is 1. The van der Waals surface area contributed by atoms with Crippen LogP contribution in [0.3, 0.4) is 0 Å². The van der Waals surface area contributed by atoms with Crippen LogP contribution in [0.25, 0.3) is 0 Å². The van der Waals surface area contributed by atoms with Crippen molar-refractivity contribution >= 4 is 23.2 Å². The Morgan fingerprint density at radius 3 is 2.61 bits per heavy atom. The summed E-state index contributed by atoms with van der Waals surface area (Å²) < 4.78 is 17.1. The van der Waals surface area contributed by atoms with Crippen molar-refractivity contribution in [1.82, 2.24) is 10.3 Å². The number of carbonyl (C=O) groups is 1. The van der Waals surface area contributed by atoms with E-state index in [1.165, 1.54) is 57.6 Å². The second-order valence-corrected chi connectivity index (χ2v) is 11.8. The second kappa shape index (κ2) is 13.2. The van der Waals surface area contributed by atoms with Gasteiger partial charge in [0.2, 0.25) is 5.89 Å². The summed E-state index contributed by atoms with van der Waals surface area (Å²) in [4.78, 5) is 17.0. The summed E-state index contributed by atoms with van der Waals surface area (Å²) in [7, 11) is 1.43. The standard InChI is InChI=1S/C31H42N2O4S/c1-35-28(34)17-14-22-10-12-23(13-11-22)19-24-26-15-16-27(37-26)29(24)30-33-25(20-36-30)31(38)32-18-6-5-9-21-7-3-2-4-8-21/h10-13,20-21,24,26-27,29H,2-9,14-19H2,1H3,(H,32,38). The van der Waals surface area contributed by atoms with Crippen molar-refractivity contribution in [2.24, 2.45) is 11.8 Å². The lowest BCUT2D eigenvalue weighted by Crippen LogP contribution is -2.28. The van der Waals surface area contributed by atoms with Gasteiger partial charge in [0.05, 0.1) is 25.2 Å². The van der Waals surface area contributed by atoms with Gasteiger partial charge in [-0.2, -0.15) is 0 Å². The summed E-state index contributed by atoms with van der Waals surface area (Å²) in [5, 5.41) is 3.40. The molecule has 3 aliphatic rings. The molecule has 1 saturated carbocycles. The molecular weight excluding hydrogens is 496 g/mol. The first-order valence-electron chi connectivity index (χ1n) is 14.6. The van der Waals surface area contributed by atoms with Crippen LogP contribution in [0, 0.1) is 11.8 Å². The van der Waals surface area contributed by atoms with Crippen LogP contribution in [0.2, 0.25) is 0 Å². The third kappa shape index (κ3) is 6.84. The van der Waals surface area contributed by atoms with E-state index in [9.17, 15) is 4.79 Å². The minimum Gasteiger partial charge on any atom is -0.469 e. The van der Waals surface area contributed by atoms with Crippen molar-refractivity contribution in [2.75, 3.05) is 13.7 Å². The highest BCUT2D eigenvalue weighted by Crippen LogP contribution is 2.49. The molecule has 3 fully saturated rings. The molecule has 7 heteroatoms. The van der Waals surface area contributed by atoms with Gasteiger partial charge in [0, 0.05) is 18.9 Å². The number of hydrogen-bond donors (Lipinski definition) is 1. The molecule has 0 spiro atoms. The first-order valence-corrected chi connectivity index (χ1v) is 15.0. The molecule has 206 valence electrons. The van der Waals surface area contributed by atoms with Gasteiger partial charge < -0.3 is 19.2 Å². The molecule has 0 radical (unpaired) electrons. The zero-order valence-corrected chi connectivity index (χ0v) is 23.5. The van der Waals surface area contributed by atoms with Crippen LogP contribution >= 0.6 is 12.2 Å². The highest BCUT2D eigenvalue weighted by molar-refractivity contribution is 7.80. The fraction of sp³-hybridized carbons (Fsp3) is 0.645. The smallest absolute Gasteiger partial charge is 0.305 e. The molecule has 2 bridgehead atoms. The van der Waals surface area contributed by atoms with E-state index in [0.717, 1.165) is 55.3 Å². The Kier molecular flexibility index (Phi) is 9.49. The molecule has 1 N–H and O–H groups in total. The lowest BCUT2D eigenvalue weighted by Gasteiger charge is -2.25. The molecule has 1 aromatic heterocycles. The maximum Gasteiger partial charge on any atom is 0.305 e. The van der Waals surface area contributed by atoms with E-state index in [1.54, 1.807) is 6.26 Å². The molecule has 2 saturated heterocycles. The minimum absolute atomic E-state index is 0.153. The highest BCUT2D eigenvalue weighted by atomic mass is 32.1. The first kappa shape index (κ1) is 27.3. The van der Waals surface area contributed by atoms with E-state index in [1.807, 2.05) is 0 Å². The number of esters is 1. The van der Waals surface area contributed by atoms with E-state index in [2.05, 4.69) is 29.6 Å². The first-order chi connectivity index (χ1) is 18.6. The molecule has 2 aliphatic heterocycles. The molecule has 4 atom stereocenters. The number of fused-ring (bicyclic) bond motifs is 2. The Balaban J connectivity index is 1.13. The number of nitrogens with zero attached hydrogens (tertiary/aromatic N) is 1. The van der Waals surface area contributed by atoms with Crippen molar-refractivity contribution in [3.63, 3.8) is 0 Å². The van der Waals surface area contributed by atoms with Crippen LogP contribution < -0.4 is 5.32 Å². The number of unbranched alkanes of at least 4 members (excludes halogenated alkanes) is 1. The number of aromatic nitrogens is 1.